The summed E-state index contributed by atoms with van der Waals surface area (Å²) in [6, 6.07) is 0.434. The number of nitrogens with zero attached hydrogens (tertiary/aromatic N) is 2. The van der Waals surface area contributed by atoms with E-state index in [-0.39, 0.29) is 12.6 Å². The second kappa shape index (κ2) is 6.64. The van der Waals surface area contributed by atoms with Crippen molar-refractivity contribution in [1.82, 2.24) is 9.80 Å². The van der Waals surface area contributed by atoms with Gasteiger partial charge in [0.1, 0.15) is 12.2 Å². The molecule has 2 aliphatic rings. The summed E-state index contributed by atoms with van der Waals surface area (Å²) in [5.41, 5.74) is -0.514. The number of hydrogen-bond donors (Lipinski definition) is 1. The zero-order valence-corrected chi connectivity index (χ0v) is 13.0. The number of likely N-dealkylation sites (tertiary alicyclic amines) is 1. The predicted octanol–water partition coefficient (Wildman–Crippen LogP) is 1.94. The third kappa shape index (κ3) is 3.87. The summed E-state index contributed by atoms with van der Waals surface area (Å²) in [5, 5.41) is 8.65. The second-order valence-corrected chi connectivity index (χ2v) is 6.35. The Kier molecular flexibility index (Phi) is 5.08. The van der Waals surface area contributed by atoms with Crippen LogP contribution in [0.2, 0.25) is 0 Å². The van der Waals surface area contributed by atoms with Crippen LogP contribution in [0.1, 0.15) is 46.0 Å². The highest BCUT2D eigenvalue weighted by atomic mass is 16.5. The predicted molar refractivity (Wildman–Crippen MR) is 78.2 cm³/mol. The maximum atomic E-state index is 12.6. The van der Waals surface area contributed by atoms with Gasteiger partial charge in [-0.3, -0.25) is 0 Å². The molecule has 120 valence electrons. The molecule has 0 unspecified atom stereocenters. The van der Waals surface area contributed by atoms with Gasteiger partial charge in [-0.1, -0.05) is 19.3 Å². The summed E-state index contributed by atoms with van der Waals surface area (Å²) in [5.74, 6) is -0.974. The minimum atomic E-state index is -0.974. The molecule has 6 heteroatoms. The molecule has 2 fully saturated rings. The zero-order chi connectivity index (χ0) is 15.5. The van der Waals surface area contributed by atoms with Crippen molar-refractivity contribution < 1.29 is 19.4 Å². The first-order chi connectivity index (χ1) is 9.95. The Balaban J connectivity index is 1.84. The molecule has 1 saturated carbocycles. The number of hydrogen-bond acceptors (Lipinski definition) is 3. The van der Waals surface area contributed by atoms with Gasteiger partial charge in [0.25, 0.3) is 0 Å². The van der Waals surface area contributed by atoms with Gasteiger partial charge in [0.05, 0.1) is 13.1 Å². The minimum absolute atomic E-state index is 0.0702. The van der Waals surface area contributed by atoms with Gasteiger partial charge in [-0.25, -0.2) is 9.59 Å². The molecule has 6 nitrogen and oxygen atoms in total. The summed E-state index contributed by atoms with van der Waals surface area (Å²) in [6.45, 7) is 5.25. The Morgan fingerprint density at radius 1 is 1.29 bits per heavy atom. The molecule has 1 heterocycles. The lowest BCUT2D eigenvalue weighted by molar-refractivity contribution is -0.160. The van der Waals surface area contributed by atoms with Crippen molar-refractivity contribution in [2.45, 2.75) is 57.6 Å². The third-order valence-corrected chi connectivity index (χ3v) is 4.47. The summed E-state index contributed by atoms with van der Waals surface area (Å²) in [4.78, 5) is 26.8. The Bertz CT molecular complexity index is 387. The molecule has 21 heavy (non-hydrogen) atoms. The molecule has 0 aromatic rings. The smallest absolute Gasteiger partial charge is 0.329 e. The van der Waals surface area contributed by atoms with Crippen LogP contribution in [-0.2, 0) is 9.53 Å². The lowest BCUT2D eigenvalue weighted by Crippen LogP contribution is -2.66. The van der Waals surface area contributed by atoms with Crippen LogP contribution >= 0.6 is 0 Å². The van der Waals surface area contributed by atoms with Gasteiger partial charge in [0, 0.05) is 12.6 Å². The molecule has 0 spiro atoms. The summed E-state index contributed by atoms with van der Waals surface area (Å²) in [7, 11) is 0. The monoisotopic (exact) mass is 298 g/mol. The number of rotatable bonds is 5. The van der Waals surface area contributed by atoms with E-state index in [1.807, 2.05) is 18.7 Å². The quantitative estimate of drug-likeness (QED) is 0.842. The first-order valence-electron chi connectivity index (χ1n) is 7.86. The standard InChI is InChI=1S/C15H26N2O4/c1-3-17(12-7-5-4-6-8-12)14(20)16-10-15(2,11-16)21-9-13(18)19/h12H,3-11H2,1-2H3,(H,18,19). The molecule has 0 radical (unpaired) electrons. The molecule has 0 bridgehead atoms. The molecule has 0 atom stereocenters. The summed E-state index contributed by atoms with van der Waals surface area (Å²) < 4.78 is 5.35. The van der Waals surface area contributed by atoms with Gasteiger partial charge in [0.15, 0.2) is 0 Å². The molecule has 2 rings (SSSR count). The van der Waals surface area contributed by atoms with Crippen LogP contribution in [-0.4, -0.2) is 64.8 Å². The number of carbonyl (C=O) groups is 2. The van der Waals surface area contributed by atoms with Gasteiger partial charge in [-0.05, 0) is 26.7 Å². The van der Waals surface area contributed by atoms with E-state index in [9.17, 15) is 9.59 Å². The lowest BCUT2D eigenvalue weighted by atomic mass is 9.93. The molecule has 1 aliphatic carbocycles. The van der Waals surface area contributed by atoms with Crippen LogP contribution in [0.3, 0.4) is 0 Å². The number of aliphatic carboxylic acids is 1. The van der Waals surface area contributed by atoms with E-state index in [2.05, 4.69) is 0 Å². The van der Waals surface area contributed by atoms with Crippen molar-refractivity contribution >= 4 is 12.0 Å². The van der Waals surface area contributed by atoms with Crippen molar-refractivity contribution in [2.24, 2.45) is 0 Å². The fourth-order valence-electron chi connectivity index (χ4n) is 3.35. The average molecular weight is 298 g/mol. The summed E-state index contributed by atoms with van der Waals surface area (Å²) in [6.07, 6.45) is 5.87. The number of amides is 2. The van der Waals surface area contributed by atoms with Crippen LogP contribution in [0, 0.1) is 0 Å². The van der Waals surface area contributed by atoms with E-state index in [1.165, 1.54) is 19.3 Å². The van der Waals surface area contributed by atoms with Crippen molar-refractivity contribution in [2.75, 3.05) is 26.2 Å². The van der Waals surface area contributed by atoms with E-state index < -0.39 is 11.6 Å². The second-order valence-electron chi connectivity index (χ2n) is 6.35. The van der Waals surface area contributed by atoms with Crippen LogP contribution in [0.5, 0.6) is 0 Å². The molecule has 0 aromatic carbocycles. The fraction of sp³-hybridized carbons (Fsp3) is 0.867. The maximum absolute atomic E-state index is 12.6. The van der Waals surface area contributed by atoms with E-state index in [0.717, 1.165) is 19.4 Å². The number of carboxylic acid groups (broad SMARTS) is 1. The first kappa shape index (κ1) is 16.1. The topological polar surface area (TPSA) is 70.1 Å². The van der Waals surface area contributed by atoms with Crippen LogP contribution in [0.25, 0.3) is 0 Å². The molecule has 1 N–H and O–H groups in total. The largest absolute Gasteiger partial charge is 0.480 e. The molecular weight excluding hydrogens is 272 g/mol. The number of ether oxygens (including phenoxy) is 1. The van der Waals surface area contributed by atoms with Crippen LogP contribution < -0.4 is 0 Å². The minimum Gasteiger partial charge on any atom is -0.480 e. The van der Waals surface area contributed by atoms with E-state index in [1.54, 1.807) is 4.90 Å². The van der Waals surface area contributed by atoms with Crippen LogP contribution in [0.4, 0.5) is 4.79 Å². The van der Waals surface area contributed by atoms with Gasteiger partial charge in [-0.2, -0.15) is 0 Å². The van der Waals surface area contributed by atoms with Gasteiger partial charge >= 0.3 is 12.0 Å². The number of carbonyl (C=O) groups excluding carboxylic acids is 1. The molecule has 0 aromatic heterocycles. The van der Waals surface area contributed by atoms with Crippen molar-refractivity contribution in [3.63, 3.8) is 0 Å². The Labute approximate surface area is 126 Å². The van der Waals surface area contributed by atoms with Gasteiger partial charge in [0.2, 0.25) is 0 Å². The molecular formula is C15H26N2O4. The fourth-order valence-corrected chi connectivity index (χ4v) is 3.35. The van der Waals surface area contributed by atoms with Crippen molar-refractivity contribution in [3.8, 4) is 0 Å². The van der Waals surface area contributed by atoms with Crippen molar-refractivity contribution in [3.05, 3.63) is 0 Å². The van der Waals surface area contributed by atoms with Crippen LogP contribution in [0.15, 0.2) is 0 Å². The van der Waals surface area contributed by atoms with Crippen molar-refractivity contribution in [1.29, 1.82) is 0 Å². The Morgan fingerprint density at radius 2 is 1.90 bits per heavy atom. The number of carboxylic acids is 1. The van der Waals surface area contributed by atoms with E-state index in [0.29, 0.717) is 19.1 Å². The lowest BCUT2D eigenvalue weighted by Gasteiger charge is -2.49. The Morgan fingerprint density at radius 3 is 2.43 bits per heavy atom. The zero-order valence-electron chi connectivity index (χ0n) is 13.0. The molecule has 2 amide bonds. The average Bonchev–Trinajstić information content (AvgIpc) is 2.44. The third-order valence-electron chi connectivity index (χ3n) is 4.47. The molecule has 1 saturated heterocycles. The Hall–Kier alpha value is -1.30. The highest BCUT2D eigenvalue weighted by Crippen LogP contribution is 2.28. The van der Waals surface area contributed by atoms with E-state index >= 15 is 0 Å². The summed E-state index contributed by atoms with van der Waals surface area (Å²) >= 11 is 0. The first-order valence-corrected chi connectivity index (χ1v) is 7.86. The highest BCUT2D eigenvalue weighted by Gasteiger charge is 2.44. The molecule has 1 aliphatic heterocycles. The maximum Gasteiger partial charge on any atom is 0.329 e. The van der Waals surface area contributed by atoms with E-state index in [4.69, 9.17) is 9.84 Å². The number of urea groups is 1. The SMILES string of the molecule is CCN(C(=O)N1CC(C)(OCC(=O)O)C1)C1CCCCC1. The normalized spacial score (nSPS) is 21.7. The van der Waals surface area contributed by atoms with Gasteiger partial charge < -0.3 is 19.6 Å². The van der Waals surface area contributed by atoms with Gasteiger partial charge in [-0.15, -0.1) is 0 Å². The highest BCUT2D eigenvalue weighted by molar-refractivity contribution is 5.76.